The number of rotatable bonds is 4. The Morgan fingerprint density at radius 1 is 1.03 bits per heavy atom. The van der Waals surface area contributed by atoms with Crippen LogP contribution in [0.3, 0.4) is 0 Å². The van der Waals surface area contributed by atoms with E-state index < -0.39 is 0 Å². The number of hydrogen-bond donors (Lipinski definition) is 1. The fraction of sp³-hybridized carbons (Fsp3) is 0.227. The molecule has 29 heavy (non-hydrogen) atoms. The van der Waals surface area contributed by atoms with Gasteiger partial charge >= 0.3 is 0 Å². The highest BCUT2D eigenvalue weighted by atomic mass is 79.9. The molecule has 4 rings (SSSR count). The molecule has 1 fully saturated rings. The van der Waals surface area contributed by atoms with Gasteiger partial charge in [-0.3, -0.25) is 4.79 Å². The lowest BCUT2D eigenvalue weighted by molar-refractivity contribution is -0.120. The minimum absolute atomic E-state index is 0.0234. The normalized spacial score (nSPS) is 14.6. The highest BCUT2D eigenvalue weighted by molar-refractivity contribution is 9.10. The van der Waals surface area contributed by atoms with Crippen molar-refractivity contribution < 1.29 is 9.18 Å². The van der Waals surface area contributed by atoms with Crippen LogP contribution in [-0.4, -0.2) is 29.2 Å². The van der Waals surface area contributed by atoms with E-state index in [0.29, 0.717) is 11.3 Å². The molecule has 2 heterocycles. The maximum Gasteiger partial charge on any atom is 0.227 e. The number of anilines is 2. The van der Waals surface area contributed by atoms with Gasteiger partial charge < -0.3 is 10.2 Å². The standard InChI is InChI=1S/C22H20BrFN4O/c23-17-4-2-6-19(14-17)25-22(29)15-9-11-28(12-10-15)21-8-7-20(26-27-21)16-3-1-5-18(24)13-16/h1-8,13-15H,9-12H2,(H,25,29). The highest BCUT2D eigenvalue weighted by Crippen LogP contribution is 2.25. The third kappa shape index (κ3) is 4.79. The first kappa shape index (κ1) is 19.5. The first-order chi connectivity index (χ1) is 14.1. The van der Waals surface area contributed by atoms with Crippen molar-refractivity contribution in [2.45, 2.75) is 12.8 Å². The molecule has 0 saturated carbocycles. The van der Waals surface area contributed by atoms with E-state index in [9.17, 15) is 9.18 Å². The Morgan fingerprint density at radius 3 is 2.52 bits per heavy atom. The summed E-state index contributed by atoms with van der Waals surface area (Å²) in [6.45, 7) is 1.48. The number of carbonyl (C=O) groups excluding carboxylic acids is 1. The second-order valence-corrected chi connectivity index (χ2v) is 7.96. The Morgan fingerprint density at radius 2 is 1.83 bits per heavy atom. The van der Waals surface area contributed by atoms with Crippen LogP contribution in [0, 0.1) is 11.7 Å². The summed E-state index contributed by atoms with van der Waals surface area (Å²) in [6, 6.07) is 17.7. The van der Waals surface area contributed by atoms with Crippen LogP contribution in [0.4, 0.5) is 15.9 Å². The number of nitrogens with zero attached hydrogens (tertiary/aromatic N) is 3. The van der Waals surface area contributed by atoms with E-state index in [1.165, 1.54) is 12.1 Å². The number of piperidine rings is 1. The van der Waals surface area contributed by atoms with Crippen LogP contribution in [0.2, 0.25) is 0 Å². The van der Waals surface area contributed by atoms with Gasteiger partial charge in [-0.2, -0.15) is 0 Å². The lowest BCUT2D eigenvalue weighted by atomic mass is 9.96. The Bertz CT molecular complexity index is 1000. The zero-order valence-corrected chi connectivity index (χ0v) is 17.3. The Balaban J connectivity index is 1.35. The maximum absolute atomic E-state index is 13.4. The van der Waals surface area contributed by atoms with Crippen molar-refractivity contribution in [1.82, 2.24) is 10.2 Å². The molecule has 1 amide bonds. The van der Waals surface area contributed by atoms with Crippen LogP contribution in [0.15, 0.2) is 65.1 Å². The number of benzene rings is 2. The molecule has 0 atom stereocenters. The lowest BCUT2D eigenvalue weighted by Crippen LogP contribution is -2.38. The number of halogens is 2. The molecule has 1 N–H and O–H groups in total. The lowest BCUT2D eigenvalue weighted by Gasteiger charge is -2.31. The maximum atomic E-state index is 13.4. The fourth-order valence-corrected chi connectivity index (χ4v) is 3.88. The fourth-order valence-electron chi connectivity index (χ4n) is 3.48. The van der Waals surface area contributed by atoms with Crippen LogP contribution in [-0.2, 0) is 4.79 Å². The van der Waals surface area contributed by atoms with E-state index >= 15 is 0 Å². The SMILES string of the molecule is O=C(Nc1cccc(Br)c1)C1CCN(c2ccc(-c3cccc(F)c3)nn2)CC1. The van der Waals surface area contributed by atoms with E-state index in [4.69, 9.17) is 0 Å². The summed E-state index contributed by atoms with van der Waals surface area (Å²) in [7, 11) is 0. The van der Waals surface area contributed by atoms with Gasteiger partial charge in [-0.05, 0) is 55.3 Å². The molecule has 0 radical (unpaired) electrons. The van der Waals surface area contributed by atoms with E-state index in [1.807, 2.05) is 42.5 Å². The smallest absolute Gasteiger partial charge is 0.227 e. The Kier molecular flexibility index (Phi) is 5.85. The van der Waals surface area contributed by atoms with Crippen LogP contribution in [0.1, 0.15) is 12.8 Å². The predicted molar refractivity (Wildman–Crippen MR) is 115 cm³/mol. The molecule has 148 valence electrons. The highest BCUT2D eigenvalue weighted by Gasteiger charge is 2.26. The Labute approximate surface area is 177 Å². The van der Waals surface area contributed by atoms with Crippen LogP contribution in [0.5, 0.6) is 0 Å². The van der Waals surface area contributed by atoms with E-state index in [-0.39, 0.29) is 17.6 Å². The summed E-state index contributed by atoms with van der Waals surface area (Å²) in [6.07, 6.45) is 1.51. The monoisotopic (exact) mass is 454 g/mol. The number of amides is 1. The van der Waals surface area contributed by atoms with E-state index in [1.54, 1.807) is 6.07 Å². The molecule has 1 saturated heterocycles. The minimum atomic E-state index is -0.295. The molecule has 7 heteroatoms. The van der Waals surface area contributed by atoms with Crippen molar-refractivity contribution in [2.24, 2.45) is 5.92 Å². The third-order valence-electron chi connectivity index (χ3n) is 5.05. The van der Waals surface area contributed by atoms with Crippen molar-refractivity contribution in [3.8, 4) is 11.3 Å². The van der Waals surface area contributed by atoms with Crippen molar-refractivity contribution in [3.05, 3.63) is 71.0 Å². The molecule has 0 bridgehead atoms. The van der Waals surface area contributed by atoms with Gasteiger partial charge in [-0.25, -0.2) is 4.39 Å². The molecule has 0 spiro atoms. The molecule has 0 unspecified atom stereocenters. The largest absolute Gasteiger partial charge is 0.355 e. The molecule has 3 aromatic rings. The van der Waals surface area contributed by atoms with Gasteiger partial charge in [0.05, 0.1) is 5.69 Å². The molecular weight excluding hydrogens is 435 g/mol. The molecule has 1 aromatic heterocycles. The van der Waals surface area contributed by atoms with Gasteiger partial charge in [0.1, 0.15) is 5.82 Å². The van der Waals surface area contributed by atoms with E-state index in [0.717, 1.165) is 41.9 Å². The van der Waals surface area contributed by atoms with Crippen molar-refractivity contribution in [1.29, 1.82) is 0 Å². The summed E-state index contributed by atoms with van der Waals surface area (Å²) in [5, 5.41) is 11.5. The average molecular weight is 455 g/mol. The van der Waals surface area contributed by atoms with Gasteiger partial charge in [0.15, 0.2) is 5.82 Å². The zero-order valence-electron chi connectivity index (χ0n) is 15.7. The second-order valence-electron chi connectivity index (χ2n) is 7.05. The number of hydrogen-bond acceptors (Lipinski definition) is 4. The van der Waals surface area contributed by atoms with Gasteiger partial charge in [-0.15, -0.1) is 10.2 Å². The first-order valence-corrected chi connectivity index (χ1v) is 10.3. The van der Waals surface area contributed by atoms with Gasteiger partial charge in [0, 0.05) is 34.7 Å². The third-order valence-corrected chi connectivity index (χ3v) is 5.55. The van der Waals surface area contributed by atoms with Crippen LogP contribution in [0.25, 0.3) is 11.3 Å². The van der Waals surface area contributed by atoms with Gasteiger partial charge in [0.25, 0.3) is 0 Å². The first-order valence-electron chi connectivity index (χ1n) is 9.49. The quantitative estimate of drug-likeness (QED) is 0.608. The summed E-state index contributed by atoms with van der Waals surface area (Å²) in [4.78, 5) is 14.7. The topological polar surface area (TPSA) is 58.1 Å². The summed E-state index contributed by atoms with van der Waals surface area (Å²) >= 11 is 3.42. The summed E-state index contributed by atoms with van der Waals surface area (Å²) in [5.74, 6) is 0.507. The molecule has 0 aliphatic carbocycles. The Hall–Kier alpha value is -2.80. The number of carbonyl (C=O) groups is 1. The zero-order chi connectivity index (χ0) is 20.2. The molecule has 2 aromatic carbocycles. The van der Waals surface area contributed by atoms with Crippen LogP contribution >= 0.6 is 15.9 Å². The molecular formula is C22H20BrFN4O. The van der Waals surface area contributed by atoms with Crippen molar-refractivity contribution in [2.75, 3.05) is 23.3 Å². The van der Waals surface area contributed by atoms with Gasteiger partial charge in [0.2, 0.25) is 5.91 Å². The van der Waals surface area contributed by atoms with Crippen LogP contribution < -0.4 is 10.2 Å². The molecule has 1 aliphatic rings. The number of aromatic nitrogens is 2. The molecule has 5 nitrogen and oxygen atoms in total. The van der Waals surface area contributed by atoms with Crippen molar-refractivity contribution >= 4 is 33.3 Å². The summed E-state index contributed by atoms with van der Waals surface area (Å²) in [5.41, 5.74) is 2.13. The van der Waals surface area contributed by atoms with Gasteiger partial charge in [-0.1, -0.05) is 34.1 Å². The van der Waals surface area contributed by atoms with Crippen molar-refractivity contribution in [3.63, 3.8) is 0 Å². The molecule has 1 aliphatic heterocycles. The summed E-state index contributed by atoms with van der Waals surface area (Å²) < 4.78 is 14.3. The predicted octanol–water partition coefficient (Wildman–Crippen LogP) is 4.90. The second kappa shape index (κ2) is 8.69. The van der Waals surface area contributed by atoms with E-state index in [2.05, 4.69) is 36.3 Å². The average Bonchev–Trinajstić information content (AvgIpc) is 2.74. The number of nitrogens with one attached hydrogen (secondary N) is 1. The minimum Gasteiger partial charge on any atom is -0.355 e.